The zero-order chi connectivity index (χ0) is 17.6. The number of aryl methyl sites for hydroxylation is 2. The Labute approximate surface area is 144 Å². The van der Waals surface area contributed by atoms with Gasteiger partial charge in [-0.1, -0.05) is 36.3 Å². The summed E-state index contributed by atoms with van der Waals surface area (Å²) in [7, 11) is 0. The van der Waals surface area contributed by atoms with Crippen LogP contribution in [0.2, 0.25) is 0 Å². The molecule has 0 fully saturated rings. The first-order chi connectivity index (χ1) is 12.1. The van der Waals surface area contributed by atoms with Crippen LogP contribution in [-0.4, -0.2) is 16.0 Å². The molecule has 1 heterocycles. The number of amides is 1. The summed E-state index contributed by atoms with van der Waals surface area (Å²) in [5.41, 5.74) is 2.51. The monoisotopic (exact) mass is 339 g/mol. The molecule has 6 heteroatoms. The maximum atomic E-state index is 13.2. The summed E-state index contributed by atoms with van der Waals surface area (Å²) < 4.78 is 18.4. The van der Waals surface area contributed by atoms with Crippen molar-refractivity contribution in [2.45, 2.75) is 26.2 Å². The van der Waals surface area contributed by atoms with E-state index in [1.165, 1.54) is 17.7 Å². The minimum absolute atomic E-state index is 0.130. The highest BCUT2D eigenvalue weighted by Gasteiger charge is 2.11. The van der Waals surface area contributed by atoms with E-state index in [1.54, 1.807) is 12.1 Å². The number of nitrogens with one attached hydrogen (secondary N) is 1. The number of hydrogen-bond acceptors (Lipinski definition) is 4. The topological polar surface area (TPSA) is 68.0 Å². The van der Waals surface area contributed by atoms with E-state index < -0.39 is 0 Å². The van der Waals surface area contributed by atoms with Crippen LogP contribution in [0.5, 0.6) is 0 Å². The number of anilines is 1. The van der Waals surface area contributed by atoms with Gasteiger partial charge in [0, 0.05) is 24.1 Å². The standard InChI is InChI=1S/C19H18FN3O2/c1-2-13-6-8-16(9-7-13)21-17(24)10-11-18-22-19(23-25-18)14-4-3-5-15(20)12-14/h3-9,12H,2,10-11H2,1H3,(H,21,24). The molecule has 2 aromatic carbocycles. The van der Waals surface area contributed by atoms with E-state index >= 15 is 0 Å². The predicted molar refractivity (Wildman–Crippen MR) is 92.5 cm³/mol. The number of carbonyl (C=O) groups excluding carboxylic acids is 1. The third-order valence-corrected chi connectivity index (χ3v) is 3.76. The van der Waals surface area contributed by atoms with Crippen molar-refractivity contribution in [2.24, 2.45) is 0 Å². The van der Waals surface area contributed by atoms with Crippen LogP contribution >= 0.6 is 0 Å². The molecule has 0 aliphatic rings. The molecule has 0 atom stereocenters. The molecule has 0 aliphatic heterocycles. The van der Waals surface area contributed by atoms with E-state index in [-0.39, 0.29) is 18.1 Å². The number of nitrogens with zero attached hydrogens (tertiary/aromatic N) is 2. The number of aromatic nitrogens is 2. The molecule has 3 rings (SSSR count). The summed E-state index contributed by atoms with van der Waals surface area (Å²) in [6, 6.07) is 13.7. The first-order valence-corrected chi connectivity index (χ1v) is 8.11. The molecule has 0 saturated carbocycles. The molecule has 1 aromatic heterocycles. The highest BCUT2D eigenvalue weighted by molar-refractivity contribution is 5.90. The maximum Gasteiger partial charge on any atom is 0.227 e. The van der Waals surface area contributed by atoms with Gasteiger partial charge in [-0.15, -0.1) is 0 Å². The Kier molecular flexibility index (Phi) is 5.18. The van der Waals surface area contributed by atoms with Crippen molar-refractivity contribution in [3.8, 4) is 11.4 Å². The van der Waals surface area contributed by atoms with E-state index in [0.717, 1.165) is 12.1 Å². The smallest absolute Gasteiger partial charge is 0.227 e. The average molecular weight is 339 g/mol. The van der Waals surface area contributed by atoms with Gasteiger partial charge in [-0.3, -0.25) is 4.79 Å². The highest BCUT2D eigenvalue weighted by Crippen LogP contribution is 2.17. The molecule has 1 N–H and O–H groups in total. The Morgan fingerprint density at radius 3 is 2.72 bits per heavy atom. The van der Waals surface area contributed by atoms with Gasteiger partial charge in [0.15, 0.2) is 0 Å². The van der Waals surface area contributed by atoms with Gasteiger partial charge >= 0.3 is 0 Å². The SMILES string of the molecule is CCc1ccc(NC(=O)CCc2nc(-c3cccc(F)c3)no2)cc1. The molecular formula is C19H18FN3O2. The van der Waals surface area contributed by atoms with Gasteiger partial charge in [-0.25, -0.2) is 4.39 Å². The van der Waals surface area contributed by atoms with Crippen LogP contribution in [0.3, 0.4) is 0 Å². The number of carbonyl (C=O) groups is 1. The lowest BCUT2D eigenvalue weighted by molar-refractivity contribution is -0.116. The fraction of sp³-hybridized carbons (Fsp3) is 0.211. The van der Waals surface area contributed by atoms with E-state index in [9.17, 15) is 9.18 Å². The molecule has 0 aliphatic carbocycles. The zero-order valence-corrected chi connectivity index (χ0v) is 13.8. The van der Waals surface area contributed by atoms with Gasteiger partial charge in [0.25, 0.3) is 0 Å². The Bertz CT molecular complexity index is 859. The van der Waals surface area contributed by atoms with Crippen LogP contribution in [0.1, 0.15) is 24.8 Å². The third-order valence-electron chi connectivity index (χ3n) is 3.76. The molecule has 0 spiro atoms. The van der Waals surface area contributed by atoms with Crippen molar-refractivity contribution >= 4 is 11.6 Å². The lowest BCUT2D eigenvalue weighted by Crippen LogP contribution is -2.12. The van der Waals surface area contributed by atoms with Crippen LogP contribution in [-0.2, 0) is 17.6 Å². The van der Waals surface area contributed by atoms with Crippen LogP contribution < -0.4 is 5.32 Å². The summed E-state index contributed by atoms with van der Waals surface area (Å²) in [5, 5.41) is 6.66. The van der Waals surface area contributed by atoms with E-state index in [0.29, 0.717) is 23.7 Å². The quantitative estimate of drug-likeness (QED) is 0.737. The van der Waals surface area contributed by atoms with Gasteiger partial charge < -0.3 is 9.84 Å². The van der Waals surface area contributed by atoms with Crippen molar-refractivity contribution in [3.63, 3.8) is 0 Å². The molecule has 0 bridgehead atoms. The molecule has 128 valence electrons. The minimum atomic E-state index is -0.364. The number of rotatable bonds is 6. The normalized spacial score (nSPS) is 10.6. The summed E-state index contributed by atoms with van der Waals surface area (Å²) in [6.45, 7) is 2.08. The zero-order valence-electron chi connectivity index (χ0n) is 13.8. The van der Waals surface area contributed by atoms with Crippen molar-refractivity contribution < 1.29 is 13.7 Å². The van der Waals surface area contributed by atoms with Crippen molar-refractivity contribution in [1.82, 2.24) is 10.1 Å². The van der Waals surface area contributed by atoms with Gasteiger partial charge in [-0.2, -0.15) is 4.98 Å². The molecule has 25 heavy (non-hydrogen) atoms. The summed E-state index contributed by atoms with van der Waals surface area (Å²) in [4.78, 5) is 16.2. The average Bonchev–Trinajstić information content (AvgIpc) is 3.10. The van der Waals surface area contributed by atoms with E-state index in [2.05, 4.69) is 22.4 Å². The van der Waals surface area contributed by atoms with Crippen molar-refractivity contribution in [1.29, 1.82) is 0 Å². The summed E-state index contributed by atoms with van der Waals surface area (Å²) >= 11 is 0. The van der Waals surface area contributed by atoms with Gasteiger partial charge in [0.2, 0.25) is 17.6 Å². The molecule has 0 unspecified atom stereocenters. The second kappa shape index (κ2) is 7.70. The first kappa shape index (κ1) is 16.8. The lowest BCUT2D eigenvalue weighted by Gasteiger charge is -2.05. The summed E-state index contributed by atoms with van der Waals surface area (Å²) in [6.07, 6.45) is 1.50. The largest absolute Gasteiger partial charge is 0.339 e. The Balaban J connectivity index is 1.55. The van der Waals surface area contributed by atoms with Gasteiger partial charge in [0.1, 0.15) is 5.82 Å². The second-order valence-electron chi connectivity index (χ2n) is 5.62. The number of hydrogen-bond donors (Lipinski definition) is 1. The van der Waals surface area contributed by atoms with Gasteiger partial charge in [-0.05, 0) is 36.2 Å². The first-order valence-electron chi connectivity index (χ1n) is 8.11. The number of benzene rings is 2. The minimum Gasteiger partial charge on any atom is -0.339 e. The molecule has 0 radical (unpaired) electrons. The molecule has 3 aromatic rings. The Morgan fingerprint density at radius 1 is 1.20 bits per heavy atom. The van der Waals surface area contributed by atoms with Crippen molar-refractivity contribution in [3.05, 3.63) is 65.8 Å². The van der Waals surface area contributed by atoms with Crippen molar-refractivity contribution in [2.75, 3.05) is 5.32 Å². The van der Waals surface area contributed by atoms with Crippen LogP contribution in [0.25, 0.3) is 11.4 Å². The second-order valence-corrected chi connectivity index (χ2v) is 5.62. The van der Waals surface area contributed by atoms with E-state index in [4.69, 9.17) is 4.52 Å². The Hall–Kier alpha value is -3.02. The summed E-state index contributed by atoms with van der Waals surface area (Å²) in [5.74, 6) is 0.160. The Morgan fingerprint density at radius 2 is 2.00 bits per heavy atom. The molecule has 0 saturated heterocycles. The third kappa shape index (κ3) is 4.50. The highest BCUT2D eigenvalue weighted by atomic mass is 19.1. The lowest BCUT2D eigenvalue weighted by atomic mass is 10.1. The molecule has 5 nitrogen and oxygen atoms in total. The number of halogens is 1. The molecule has 1 amide bonds. The predicted octanol–water partition coefficient (Wildman–Crippen LogP) is 4.01. The maximum absolute atomic E-state index is 13.2. The molecular weight excluding hydrogens is 321 g/mol. The van der Waals surface area contributed by atoms with Crippen LogP contribution in [0.4, 0.5) is 10.1 Å². The van der Waals surface area contributed by atoms with Crippen LogP contribution in [0, 0.1) is 5.82 Å². The fourth-order valence-electron chi connectivity index (χ4n) is 2.37. The van der Waals surface area contributed by atoms with E-state index in [1.807, 2.05) is 24.3 Å². The van der Waals surface area contributed by atoms with Crippen LogP contribution in [0.15, 0.2) is 53.1 Å². The fourth-order valence-corrected chi connectivity index (χ4v) is 2.37. The van der Waals surface area contributed by atoms with Gasteiger partial charge in [0.05, 0.1) is 0 Å².